The van der Waals surface area contributed by atoms with Gasteiger partial charge < -0.3 is 9.30 Å². The molecule has 0 amide bonds. The fourth-order valence-corrected chi connectivity index (χ4v) is 1.92. The van der Waals surface area contributed by atoms with Crippen molar-refractivity contribution in [2.75, 3.05) is 0 Å². The second-order valence-corrected chi connectivity index (χ2v) is 4.29. The lowest BCUT2D eigenvalue weighted by atomic mass is 10.1. The molecule has 2 aromatic rings. The van der Waals surface area contributed by atoms with E-state index in [4.69, 9.17) is 0 Å². The molecule has 0 N–H and O–H groups in total. The first-order valence-corrected chi connectivity index (χ1v) is 6.12. The van der Waals surface area contributed by atoms with Crippen molar-refractivity contribution < 1.29 is 13.5 Å². The van der Waals surface area contributed by atoms with Gasteiger partial charge in [0.25, 0.3) is 5.56 Å². The third-order valence-electron chi connectivity index (χ3n) is 2.88. The van der Waals surface area contributed by atoms with Crippen LogP contribution < -0.4 is 10.3 Å². The molecule has 6 heteroatoms. The van der Waals surface area contributed by atoms with E-state index in [2.05, 4.69) is 9.72 Å². The number of rotatable bonds is 4. The highest BCUT2D eigenvalue weighted by Crippen LogP contribution is 2.23. The molecule has 0 unspecified atom stereocenters. The van der Waals surface area contributed by atoms with Gasteiger partial charge in [-0.25, -0.2) is 0 Å². The van der Waals surface area contributed by atoms with Gasteiger partial charge in [0.05, 0.1) is 6.20 Å². The number of hydrogen-bond donors (Lipinski definition) is 0. The third kappa shape index (κ3) is 3.01. The molecule has 2 heterocycles. The van der Waals surface area contributed by atoms with Crippen molar-refractivity contribution in [1.82, 2.24) is 9.55 Å². The number of aryl methyl sites for hydroxylation is 2. The van der Waals surface area contributed by atoms with Crippen LogP contribution in [0.25, 0.3) is 11.1 Å². The molecule has 0 saturated carbocycles. The van der Waals surface area contributed by atoms with Crippen LogP contribution >= 0.6 is 0 Å². The number of hydrogen-bond acceptors (Lipinski definition) is 3. The molecule has 20 heavy (non-hydrogen) atoms. The molecule has 0 aliphatic heterocycles. The van der Waals surface area contributed by atoms with Crippen molar-refractivity contribution >= 4 is 0 Å². The van der Waals surface area contributed by atoms with Gasteiger partial charge in [-0.3, -0.25) is 9.78 Å². The van der Waals surface area contributed by atoms with Crippen molar-refractivity contribution in [3.8, 4) is 16.9 Å². The van der Waals surface area contributed by atoms with Gasteiger partial charge in [0.2, 0.25) is 0 Å². The van der Waals surface area contributed by atoms with E-state index < -0.39 is 6.61 Å². The van der Waals surface area contributed by atoms with E-state index in [9.17, 15) is 13.6 Å². The minimum absolute atomic E-state index is 0.00981. The van der Waals surface area contributed by atoms with Crippen molar-refractivity contribution in [2.45, 2.75) is 27.0 Å². The topological polar surface area (TPSA) is 44.1 Å². The summed E-state index contributed by atoms with van der Waals surface area (Å²) in [6.45, 7) is 1.22. The van der Waals surface area contributed by atoms with Gasteiger partial charge >= 0.3 is 6.61 Å². The molecule has 0 fully saturated rings. The van der Waals surface area contributed by atoms with Gasteiger partial charge in [-0.2, -0.15) is 8.78 Å². The summed E-state index contributed by atoms with van der Waals surface area (Å²) in [7, 11) is 0. The van der Waals surface area contributed by atoms with Crippen LogP contribution in [0.1, 0.15) is 12.5 Å². The molecular weight excluding hydrogens is 266 g/mol. The van der Waals surface area contributed by atoms with Crippen molar-refractivity contribution in [3.63, 3.8) is 0 Å². The zero-order valence-electron chi connectivity index (χ0n) is 11.1. The molecule has 0 saturated heterocycles. The Balaban J connectivity index is 2.46. The summed E-state index contributed by atoms with van der Waals surface area (Å²) in [5.74, 6) is -0.00981. The van der Waals surface area contributed by atoms with E-state index in [1.54, 1.807) is 23.8 Å². The van der Waals surface area contributed by atoms with Crippen LogP contribution in [0, 0.1) is 6.92 Å². The van der Waals surface area contributed by atoms with Crippen molar-refractivity contribution in [1.29, 1.82) is 0 Å². The Kier molecular flexibility index (Phi) is 4.12. The summed E-state index contributed by atoms with van der Waals surface area (Å²) >= 11 is 0. The van der Waals surface area contributed by atoms with Gasteiger partial charge in [0, 0.05) is 35.6 Å². The number of alkyl halides is 2. The third-order valence-corrected chi connectivity index (χ3v) is 2.88. The van der Waals surface area contributed by atoms with Crippen LogP contribution in [0.5, 0.6) is 5.75 Å². The number of pyridine rings is 2. The minimum atomic E-state index is -2.89. The van der Waals surface area contributed by atoms with E-state index >= 15 is 0 Å². The van der Waals surface area contributed by atoms with Gasteiger partial charge in [0.1, 0.15) is 5.75 Å². The Bertz CT molecular complexity index is 668. The number of nitrogens with zero attached hydrogens (tertiary/aromatic N) is 2. The Morgan fingerprint density at radius 2 is 2.05 bits per heavy atom. The second kappa shape index (κ2) is 5.81. The van der Waals surface area contributed by atoms with Crippen LogP contribution in [0.4, 0.5) is 8.78 Å². The lowest BCUT2D eigenvalue weighted by Gasteiger charge is -2.09. The smallest absolute Gasteiger partial charge is 0.387 e. The lowest BCUT2D eigenvalue weighted by Crippen LogP contribution is -2.20. The highest BCUT2D eigenvalue weighted by Gasteiger charge is 2.08. The summed E-state index contributed by atoms with van der Waals surface area (Å²) in [6, 6.07) is 3.18. The molecule has 0 spiro atoms. The molecule has 0 bridgehead atoms. The Labute approximate surface area is 114 Å². The highest BCUT2D eigenvalue weighted by molar-refractivity contribution is 5.63. The molecule has 4 nitrogen and oxygen atoms in total. The summed E-state index contributed by atoms with van der Waals surface area (Å²) in [6.07, 6.45) is 4.44. The fourth-order valence-electron chi connectivity index (χ4n) is 1.92. The minimum Gasteiger partial charge on any atom is -0.433 e. The summed E-state index contributed by atoms with van der Waals surface area (Å²) in [5, 5.41) is 0. The SMILES string of the molecule is CCn1cc(-c2cncc(OC(F)F)c2)cc(C)c1=O. The zero-order valence-corrected chi connectivity index (χ0v) is 11.1. The first-order chi connectivity index (χ1) is 9.51. The Morgan fingerprint density at radius 3 is 2.70 bits per heavy atom. The van der Waals surface area contributed by atoms with E-state index in [0.717, 1.165) is 5.56 Å². The van der Waals surface area contributed by atoms with Crippen LogP contribution in [-0.2, 0) is 6.54 Å². The maximum absolute atomic E-state index is 12.2. The van der Waals surface area contributed by atoms with E-state index in [0.29, 0.717) is 17.7 Å². The molecule has 0 atom stereocenters. The van der Waals surface area contributed by atoms with Gasteiger partial charge in [-0.1, -0.05) is 0 Å². The predicted molar refractivity (Wildman–Crippen MR) is 71.0 cm³/mol. The van der Waals surface area contributed by atoms with Gasteiger partial charge in [-0.15, -0.1) is 0 Å². The van der Waals surface area contributed by atoms with Gasteiger partial charge in [-0.05, 0) is 26.0 Å². The average Bonchev–Trinajstić information content (AvgIpc) is 2.41. The van der Waals surface area contributed by atoms with E-state index in [-0.39, 0.29) is 11.3 Å². The Morgan fingerprint density at radius 1 is 1.30 bits per heavy atom. The normalized spacial score (nSPS) is 10.8. The maximum Gasteiger partial charge on any atom is 0.387 e. The summed E-state index contributed by atoms with van der Waals surface area (Å²) in [4.78, 5) is 15.7. The summed E-state index contributed by atoms with van der Waals surface area (Å²) in [5.41, 5.74) is 1.87. The lowest BCUT2D eigenvalue weighted by molar-refractivity contribution is -0.0500. The first-order valence-electron chi connectivity index (χ1n) is 6.12. The largest absolute Gasteiger partial charge is 0.433 e. The zero-order chi connectivity index (χ0) is 14.7. The molecule has 2 rings (SSSR count). The molecule has 0 aliphatic carbocycles. The standard InChI is InChI=1S/C14H14F2N2O2/c1-3-18-8-11(4-9(2)13(18)19)10-5-12(7-17-6-10)20-14(15)16/h4-8,14H,3H2,1-2H3. The second-order valence-electron chi connectivity index (χ2n) is 4.29. The van der Waals surface area contributed by atoms with Crippen LogP contribution in [0.15, 0.2) is 35.5 Å². The number of halogens is 2. The first kappa shape index (κ1) is 14.2. The summed E-state index contributed by atoms with van der Waals surface area (Å²) < 4.78 is 30.3. The fraction of sp³-hybridized carbons (Fsp3) is 0.286. The predicted octanol–water partition coefficient (Wildman–Crippen LogP) is 2.84. The number of ether oxygens (including phenoxy) is 1. The maximum atomic E-state index is 12.2. The molecule has 0 aliphatic rings. The quantitative estimate of drug-likeness (QED) is 0.865. The van der Waals surface area contributed by atoms with Crippen molar-refractivity contribution in [3.05, 3.63) is 46.6 Å². The molecule has 106 valence electrons. The molecular formula is C14H14F2N2O2. The molecule has 0 radical (unpaired) electrons. The van der Waals surface area contributed by atoms with Crippen LogP contribution in [0.3, 0.4) is 0 Å². The van der Waals surface area contributed by atoms with Gasteiger partial charge in [0.15, 0.2) is 0 Å². The van der Waals surface area contributed by atoms with Crippen molar-refractivity contribution in [2.24, 2.45) is 0 Å². The molecule has 0 aromatic carbocycles. The van der Waals surface area contributed by atoms with Crippen LogP contribution in [0.2, 0.25) is 0 Å². The monoisotopic (exact) mass is 280 g/mol. The van der Waals surface area contributed by atoms with E-state index in [1.807, 2.05) is 6.92 Å². The number of aromatic nitrogens is 2. The highest BCUT2D eigenvalue weighted by atomic mass is 19.3. The average molecular weight is 280 g/mol. The van der Waals surface area contributed by atoms with E-state index in [1.165, 1.54) is 18.5 Å². The molecule has 2 aromatic heterocycles. The Hall–Kier alpha value is -2.24. The van der Waals surface area contributed by atoms with Crippen LogP contribution in [-0.4, -0.2) is 16.2 Å².